The van der Waals surface area contributed by atoms with E-state index in [4.69, 9.17) is 4.74 Å². The molecule has 0 unspecified atom stereocenters. The topological polar surface area (TPSA) is 37.4 Å². The number of alkyl halides is 3. The summed E-state index contributed by atoms with van der Waals surface area (Å²) in [6.07, 6.45) is 0.969. The first-order valence-corrected chi connectivity index (χ1v) is 8.08. The highest BCUT2D eigenvalue weighted by atomic mass is 19.4. The zero-order valence-corrected chi connectivity index (χ0v) is 14.1. The third kappa shape index (κ3) is 3.42. The largest absolute Gasteiger partial charge is 0.495 e. The highest BCUT2D eigenvalue weighted by Crippen LogP contribution is 2.38. The predicted molar refractivity (Wildman–Crippen MR) is 90.4 cm³/mol. The molecule has 1 atom stereocenters. The Bertz CT molecular complexity index is 731. The number of halogens is 3. The van der Waals surface area contributed by atoms with Crippen LogP contribution in [0.3, 0.4) is 0 Å². The Balaban J connectivity index is 1.92. The summed E-state index contributed by atoms with van der Waals surface area (Å²) in [6, 6.07) is 4.81. The molecule has 0 saturated carbocycles. The summed E-state index contributed by atoms with van der Waals surface area (Å²) in [5, 5.41) is 2.32. The third-order valence-electron chi connectivity index (χ3n) is 4.47. The molecule has 0 aliphatic carbocycles. The summed E-state index contributed by atoms with van der Waals surface area (Å²) < 4.78 is 44.5. The van der Waals surface area contributed by atoms with E-state index in [-0.39, 0.29) is 5.56 Å². The van der Waals surface area contributed by atoms with Crippen molar-refractivity contribution in [2.45, 2.75) is 25.1 Å². The van der Waals surface area contributed by atoms with Gasteiger partial charge in [-0.05, 0) is 37.6 Å². The van der Waals surface area contributed by atoms with Crippen molar-refractivity contribution in [2.75, 3.05) is 25.6 Å². The number of ether oxygens (including phenoxy) is 1. The average molecular weight is 351 g/mol. The zero-order chi connectivity index (χ0) is 18.0. The summed E-state index contributed by atoms with van der Waals surface area (Å²) in [5.41, 5.74) is 3.06. The molecule has 3 rings (SSSR count). The molecule has 134 valence electrons. The van der Waals surface area contributed by atoms with Crippen molar-refractivity contribution in [3.05, 3.63) is 47.8 Å². The molecule has 1 aliphatic rings. The van der Waals surface area contributed by atoms with Crippen LogP contribution in [0.5, 0.6) is 5.75 Å². The van der Waals surface area contributed by atoms with Crippen LogP contribution in [0.15, 0.2) is 36.7 Å². The highest BCUT2D eigenvalue weighted by molar-refractivity contribution is 5.69. The molecular formula is C18H20F3N3O. The molecule has 0 bridgehead atoms. The van der Waals surface area contributed by atoms with E-state index >= 15 is 0 Å². The van der Waals surface area contributed by atoms with Gasteiger partial charge in [0.05, 0.1) is 25.2 Å². The van der Waals surface area contributed by atoms with Gasteiger partial charge in [-0.2, -0.15) is 13.2 Å². The standard InChI is InChI=1S/C18H20F3N3O/c1-22-17(18(19,20)21)12-5-7-13(8-6-12)24-9-3-4-14-15(24)10-23-11-16(14)25-2/h5-8,10-11,17,22H,3-4,9H2,1-2H3/t17-/m0/s1. The maximum atomic E-state index is 13.0. The van der Waals surface area contributed by atoms with Crippen LogP contribution in [0.2, 0.25) is 0 Å². The molecule has 0 spiro atoms. The quantitative estimate of drug-likeness (QED) is 0.904. The van der Waals surface area contributed by atoms with Gasteiger partial charge >= 0.3 is 6.18 Å². The Morgan fingerprint density at radius 2 is 1.92 bits per heavy atom. The number of nitrogens with one attached hydrogen (secondary N) is 1. The Morgan fingerprint density at radius 1 is 1.20 bits per heavy atom. The lowest BCUT2D eigenvalue weighted by Crippen LogP contribution is -2.31. The number of methoxy groups -OCH3 is 1. The van der Waals surface area contributed by atoms with Crippen LogP contribution in [0.1, 0.15) is 23.6 Å². The molecule has 1 aromatic carbocycles. The molecule has 0 radical (unpaired) electrons. The molecule has 2 aromatic rings. The second kappa shape index (κ2) is 6.92. The number of pyridine rings is 1. The first kappa shape index (κ1) is 17.5. The molecule has 2 heterocycles. The Hall–Kier alpha value is -2.28. The van der Waals surface area contributed by atoms with Crippen molar-refractivity contribution in [3.8, 4) is 5.75 Å². The number of rotatable bonds is 4. The van der Waals surface area contributed by atoms with Crippen LogP contribution in [-0.2, 0) is 6.42 Å². The molecule has 1 N–H and O–H groups in total. The van der Waals surface area contributed by atoms with Crippen LogP contribution >= 0.6 is 0 Å². The molecule has 7 heteroatoms. The first-order valence-electron chi connectivity index (χ1n) is 8.08. The Morgan fingerprint density at radius 3 is 2.52 bits per heavy atom. The minimum absolute atomic E-state index is 0.194. The van der Waals surface area contributed by atoms with E-state index < -0.39 is 12.2 Å². The van der Waals surface area contributed by atoms with Crippen molar-refractivity contribution >= 4 is 11.4 Å². The summed E-state index contributed by atoms with van der Waals surface area (Å²) in [5.74, 6) is 0.742. The zero-order valence-electron chi connectivity index (χ0n) is 14.1. The van der Waals surface area contributed by atoms with Gasteiger partial charge in [0.25, 0.3) is 0 Å². The minimum Gasteiger partial charge on any atom is -0.495 e. The normalized spacial score (nSPS) is 15.6. The van der Waals surface area contributed by atoms with Crippen molar-refractivity contribution < 1.29 is 17.9 Å². The fourth-order valence-corrected chi connectivity index (χ4v) is 3.29. The number of benzene rings is 1. The summed E-state index contributed by atoms with van der Waals surface area (Å²) >= 11 is 0. The molecule has 1 aromatic heterocycles. The van der Waals surface area contributed by atoms with Gasteiger partial charge < -0.3 is 15.0 Å². The van der Waals surface area contributed by atoms with E-state index in [0.717, 1.165) is 42.1 Å². The Kier molecular flexibility index (Phi) is 4.85. The predicted octanol–water partition coefficient (Wildman–Crippen LogP) is 4.00. The van der Waals surface area contributed by atoms with E-state index in [1.54, 1.807) is 31.6 Å². The van der Waals surface area contributed by atoms with Gasteiger partial charge in [0.15, 0.2) is 0 Å². The molecule has 1 aliphatic heterocycles. The van der Waals surface area contributed by atoms with Crippen LogP contribution < -0.4 is 15.0 Å². The lowest BCUT2D eigenvalue weighted by atomic mass is 10.0. The van der Waals surface area contributed by atoms with Gasteiger partial charge in [-0.3, -0.25) is 4.98 Å². The summed E-state index contributed by atoms with van der Waals surface area (Å²) in [4.78, 5) is 6.28. The van der Waals surface area contributed by atoms with Crippen LogP contribution in [0.4, 0.5) is 24.5 Å². The lowest BCUT2D eigenvalue weighted by Gasteiger charge is -2.32. The fraction of sp³-hybridized carbons (Fsp3) is 0.389. The molecule has 4 nitrogen and oxygen atoms in total. The van der Waals surface area contributed by atoms with Crippen LogP contribution in [0.25, 0.3) is 0 Å². The molecule has 0 amide bonds. The maximum absolute atomic E-state index is 13.0. The first-order chi connectivity index (χ1) is 12.0. The maximum Gasteiger partial charge on any atom is 0.407 e. The number of hydrogen-bond donors (Lipinski definition) is 1. The molecule has 0 saturated heterocycles. The van der Waals surface area contributed by atoms with Crippen LogP contribution in [-0.4, -0.2) is 31.9 Å². The number of fused-ring (bicyclic) bond motifs is 1. The number of anilines is 2. The van der Waals surface area contributed by atoms with E-state index in [2.05, 4.69) is 15.2 Å². The van der Waals surface area contributed by atoms with E-state index in [9.17, 15) is 13.2 Å². The van der Waals surface area contributed by atoms with Gasteiger partial charge in [-0.15, -0.1) is 0 Å². The molecular weight excluding hydrogens is 331 g/mol. The molecule has 0 fully saturated rings. The number of nitrogens with zero attached hydrogens (tertiary/aromatic N) is 2. The van der Waals surface area contributed by atoms with Gasteiger partial charge in [-0.25, -0.2) is 0 Å². The SMILES string of the molecule is CN[C@@H](c1ccc(N2CCCc3c(OC)cncc32)cc1)C(F)(F)F. The second-order valence-corrected chi connectivity index (χ2v) is 5.95. The summed E-state index contributed by atoms with van der Waals surface area (Å²) in [6.45, 7) is 0.788. The van der Waals surface area contributed by atoms with Crippen molar-refractivity contribution in [1.29, 1.82) is 0 Å². The van der Waals surface area contributed by atoms with Gasteiger partial charge in [0.1, 0.15) is 11.8 Å². The van der Waals surface area contributed by atoms with E-state index in [1.807, 2.05) is 0 Å². The van der Waals surface area contributed by atoms with Gasteiger partial charge in [0.2, 0.25) is 0 Å². The van der Waals surface area contributed by atoms with E-state index in [0.29, 0.717) is 0 Å². The van der Waals surface area contributed by atoms with Gasteiger partial charge in [0, 0.05) is 17.8 Å². The van der Waals surface area contributed by atoms with Gasteiger partial charge in [-0.1, -0.05) is 12.1 Å². The highest BCUT2D eigenvalue weighted by Gasteiger charge is 2.39. The van der Waals surface area contributed by atoms with Crippen molar-refractivity contribution in [3.63, 3.8) is 0 Å². The third-order valence-corrected chi connectivity index (χ3v) is 4.47. The van der Waals surface area contributed by atoms with Crippen LogP contribution in [0, 0.1) is 0 Å². The second-order valence-electron chi connectivity index (χ2n) is 5.95. The monoisotopic (exact) mass is 351 g/mol. The number of hydrogen-bond acceptors (Lipinski definition) is 4. The minimum atomic E-state index is -4.33. The van der Waals surface area contributed by atoms with E-state index in [1.165, 1.54) is 19.2 Å². The van der Waals surface area contributed by atoms with Crippen molar-refractivity contribution in [1.82, 2.24) is 10.3 Å². The average Bonchev–Trinajstić information content (AvgIpc) is 2.60. The fourth-order valence-electron chi connectivity index (χ4n) is 3.29. The summed E-state index contributed by atoms with van der Waals surface area (Å²) in [7, 11) is 2.92. The smallest absolute Gasteiger partial charge is 0.407 e. The van der Waals surface area contributed by atoms with Crippen molar-refractivity contribution in [2.24, 2.45) is 0 Å². The lowest BCUT2D eigenvalue weighted by molar-refractivity contribution is -0.156. The Labute approximate surface area is 144 Å². The number of aromatic nitrogens is 1. The molecule has 25 heavy (non-hydrogen) atoms.